The lowest BCUT2D eigenvalue weighted by Gasteiger charge is -2.16. The van der Waals surface area contributed by atoms with Crippen molar-refractivity contribution in [3.05, 3.63) is 95.6 Å². The monoisotopic (exact) mass is 507 g/mol. The van der Waals surface area contributed by atoms with Gasteiger partial charge in [-0.25, -0.2) is 8.78 Å². The van der Waals surface area contributed by atoms with Crippen LogP contribution in [0.5, 0.6) is 0 Å². The first-order valence-electron chi connectivity index (χ1n) is 11.8. The molecule has 0 fully saturated rings. The Morgan fingerprint density at radius 1 is 0.838 bits per heavy atom. The summed E-state index contributed by atoms with van der Waals surface area (Å²) in [6, 6.07) is 18.0. The molecule has 0 saturated heterocycles. The van der Waals surface area contributed by atoms with Crippen molar-refractivity contribution in [1.82, 2.24) is 16.0 Å². The van der Waals surface area contributed by atoms with Crippen molar-refractivity contribution >= 4 is 24.0 Å². The minimum absolute atomic E-state index is 0.0194. The standard InChI is InChI=1S/C28H27F2N3O4/c29-23-9-5-4-8-21(23)20-11-12-24(30)22(18-20)27(36)31-15-16-32-28(37)25(14-17-34)33-26(35)13-10-19-6-2-1-3-7-19/h1-9,11-12,17-18,25H,10,13-16H2,(H,31,36)(H,32,37)(H,33,35). The molecule has 0 heterocycles. The summed E-state index contributed by atoms with van der Waals surface area (Å²) in [6.07, 6.45) is 0.973. The second-order valence-electron chi connectivity index (χ2n) is 8.23. The molecule has 0 saturated carbocycles. The number of rotatable bonds is 12. The van der Waals surface area contributed by atoms with Gasteiger partial charge in [-0.15, -0.1) is 0 Å². The number of benzene rings is 3. The zero-order valence-corrected chi connectivity index (χ0v) is 20.0. The van der Waals surface area contributed by atoms with E-state index in [4.69, 9.17) is 0 Å². The molecule has 1 unspecified atom stereocenters. The molecule has 3 amide bonds. The maximum atomic E-state index is 14.3. The second-order valence-corrected chi connectivity index (χ2v) is 8.23. The van der Waals surface area contributed by atoms with Gasteiger partial charge in [-0.05, 0) is 35.7 Å². The van der Waals surface area contributed by atoms with Crippen LogP contribution in [0.25, 0.3) is 11.1 Å². The Balaban J connectivity index is 1.49. The molecule has 0 aliphatic carbocycles. The van der Waals surface area contributed by atoms with Gasteiger partial charge in [0, 0.05) is 31.5 Å². The third kappa shape index (κ3) is 8.06. The average Bonchev–Trinajstić information content (AvgIpc) is 2.90. The summed E-state index contributed by atoms with van der Waals surface area (Å²) in [5.41, 5.74) is 1.28. The molecule has 7 nitrogen and oxygen atoms in total. The molecule has 3 N–H and O–H groups in total. The molecule has 3 aromatic carbocycles. The number of hydrogen-bond acceptors (Lipinski definition) is 4. The van der Waals surface area contributed by atoms with E-state index in [0.717, 1.165) is 11.6 Å². The van der Waals surface area contributed by atoms with Gasteiger partial charge in [-0.2, -0.15) is 0 Å². The lowest BCUT2D eigenvalue weighted by molar-refractivity contribution is -0.129. The van der Waals surface area contributed by atoms with Crippen LogP contribution >= 0.6 is 0 Å². The Morgan fingerprint density at radius 3 is 2.27 bits per heavy atom. The largest absolute Gasteiger partial charge is 0.353 e. The molecule has 0 radical (unpaired) electrons. The first kappa shape index (κ1) is 27.2. The van der Waals surface area contributed by atoms with E-state index in [9.17, 15) is 28.0 Å². The summed E-state index contributed by atoms with van der Waals surface area (Å²) in [6.45, 7) is -0.0574. The SMILES string of the molecule is O=CCC(NC(=O)CCc1ccccc1)C(=O)NCCNC(=O)c1cc(-c2ccccc2F)ccc1F. The van der Waals surface area contributed by atoms with E-state index in [-0.39, 0.29) is 43.0 Å². The van der Waals surface area contributed by atoms with Gasteiger partial charge in [0.1, 0.15) is 24.0 Å². The topological polar surface area (TPSA) is 104 Å². The van der Waals surface area contributed by atoms with Gasteiger partial charge in [-0.1, -0.05) is 54.6 Å². The Labute approximate surface area is 213 Å². The van der Waals surface area contributed by atoms with Gasteiger partial charge < -0.3 is 20.7 Å². The number of hydrogen-bond donors (Lipinski definition) is 3. The molecule has 3 rings (SSSR count). The van der Waals surface area contributed by atoms with E-state index >= 15 is 0 Å². The molecule has 0 aromatic heterocycles. The number of aryl methyl sites for hydroxylation is 1. The van der Waals surface area contributed by atoms with Crippen LogP contribution in [0.1, 0.15) is 28.8 Å². The number of halogens is 2. The third-order valence-electron chi connectivity index (χ3n) is 5.57. The fourth-order valence-corrected chi connectivity index (χ4v) is 3.64. The molecule has 37 heavy (non-hydrogen) atoms. The summed E-state index contributed by atoms with van der Waals surface area (Å²) in [5.74, 6) is -2.96. The summed E-state index contributed by atoms with van der Waals surface area (Å²) in [4.78, 5) is 48.2. The van der Waals surface area contributed by atoms with Crippen LogP contribution < -0.4 is 16.0 Å². The van der Waals surface area contributed by atoms with Crippen LogP contribution in [0.2, 0.25) is 0 Å². The normalized spacial score (nSPS) is 11.3. The van der Waals surface area contributed by atoms with Crippen LogP contribution in [0.4, 0.5) is 8.78 Å². The number of amides is 3. The van der Waals surface area contributed by atoms with E-state index in [1.165, 1.54) is 30.3 Å². The average molecular weight is 508 g/mol. The van der Waals surface area contributed by atoms with E-state index in [1.807, 2.05) is 30.3 Å². The fraction of sp³-hybridized carbons (Fsp3) is 0.214. The quantitative estimate of drug-likeness (QED) is 0.259. The maximum Gasteiger partial charge on any atom is 0.254 e. The van der Waals surface area contributed by atoms with E-state index in [2.05, 4.69) is 16.0 Å². The second kappa shape index (κ2) is 13.6. The predicted molar refractivity (Wildman–Crippen MR) is 135 cm³/mol. The fourth-order valence-electron chi connectivity index (χ4n) is 3.64. The van der Waals surface area contributed by atoms with Crippen molar-refractivity contribution in [2.24, 2.45) is 0 Å². The van der Waals surface area contributed by atoms with E-state index in [1.54, 1.807) is 6.07 Å². The highest BCUT2D eigenvalue weighted by molar-refractivity contribution is 5.96. The summed E-state index contributed by atoms with van der Waals surface area (Å²) < 4.78 is 28.3. The summed E-state index contributed by atoms with van der Waals surface area (Å²) in [7, 11) is 0. The van der Waals surface area contributed by atoms with Gasteiger partial charge in [0.15, 0.2) is 0 Å². The summed E-state index contributed by atoms with van der Waals surface area (Å²) >= 11 is 0. The van der Waals surface area contributed by atoms with Crippen LogP contribution in [-0.2, 0) is 20.8 Å². The van der Waals surface area contributed by atoms with Crippen molar-refractivity contribution in [3.8, 4) is 11.1 Å². The first-order chi connectivity index (χ1) is 17.9. The highest BCUT2D eigenvalue weighted by Gasteiger charge is 2.20. The predicted octanol–water partition coefficient (Wildman–Crippen LogP) is 3.18. The van der Waals surface area contributed by atoms with Gasteiger partial charge in [0.05, 0.1) is 5.56 Å². The zero-order chi connectivity index (χ0) is 26.6. The van der Waals surface area contributed by atoms with Crippen molar-refractivity contribution in [2.75, 3.05) is 13.1 Å². The van der Waals surface area contributed by atoms with Crippen LogP contribution in [-0.4, -0.2) is 43.1 Å². The van der Waals surface area contributed by atoms with Gasteiger partial charge >= 0.3 is 0 Å². The molecule has 3 aromatic rings. The van der Waals surface area contributed by atoms with Crippen molar-refractivity contribution in [1.29, 1.82) is 0 Å². The molecule has 0 aliphatic heterocycles. The van der Waals surface area contributed by atoms with Crippen LogP contribution in [0.15, 0.2) is 72.8 Å². The maximum absolute atomic E-state index is 14.3. The van der Waals surface area contributed by atoms with Crippen LogP contribution in [0, 0.1) is 11.6 Å². The smallest absolute Gasteiger partial charge is 0.254 e. The number of nitrogens with one attached hydrogen (secondary N) is 3. The van der Waals surface area contributed by atoms with Crippen molar-refractivity contribution in [2.45, 2.75) is 25.3 Å². The molecule has 0 bridgehead atoms. The highest BCUT2D eigenvalue weighted by atomic mass is 19.1. The highest BCUT2D eigenvalue weighted by Crippen LogP contribution is 2.24. The molecule has 0 aliphatic rings. The molecule has 9 heteroatoms. The number of carbonyl (C=O) groups is 4. The molecular weight excluding hydrogens is 480 g/mol. The van der Waals surface area contributed by atoms with Gasteiger partial charge in [-0.3, -0.25) is 14.4 Å². The van der Waals surface area contributed by atoms with Crippen LogP contribution in [0.3, 0.4) is 0 Å². The number of carbonyl (C=O) groups excluding carboxylic acids is 4. The molecule has 1 atom stereocenters. The van der Waals surface area contributed by atoms with E-state index < -0.39 is 29.5 Å². The minimum atomic E-state index is -1.05. The first-order valence-corrected chi connectivity index (χ1v) is 11.8. The molecule has 192 valence electrons. The third-order valence-corrected chi connectivity index (χ3v) is 5.57. The number of aldehydes is 1. The van der Waals surface area contributed by atoms with E-state index in [0.29, 0.717) is 18.3 Å². The lowest BCUT2D eigenvalue weighted by Crippen LogP contribution is -2.48. The Hall–Kier alpha value is -4.40. The van der Waals surface area contributed by atoms with Gasteiger partial charge in [0.2, 0.25) is 11.8 Å². The Bertz CT molecular complexity index is 1250. The summed E-state index contributed by atoms with van der Waals surface area (Å²) in [5, 5.41) is 7.58. The molecular formula is C28H27F2N3O4. The van der Waals surface area contributed by atoms with Gasteiger partial charge in [0.25, 0.3) is 5.91 Å². The Morgan fingerprint density at radius 2 is 1.54 bits per heavy atom. The Kier molecular flexibility index (Phi) is 10.0. The lowest BCUT2D eigenvalue weighted by atomic mass is 10.0. The van der Waals surface area contributed by atoms with Crippen molar-refractivity contribution < 1.29 is 28.0 Å². The zero-order valence-electron chi connectivity index (χ0n) is 20.0. The molecule has 0 spiro atoms. The minimum Gasteiger partial charge on any atom is -0.353 e. The van der Waals surface area contributed by atoms with Crippen molar-refractivity contribution in [3.63, 3.8) is 0 Å².